The third-order valence-corrected chi connectivity index (χ3v) is 7.33. The SMILES string of the molecule is CN1CC(OC(=O)C(=O)OC2(C3=NCCN3)CN(C)c3cc(Cl)ccc3O2)(C2=NCCN2)Oc2ccc(Cl)cc21. The Morgan fingerprint density at radius 1 is 0.800 bits per heavy atom. The predicted molar refractivity (Wildman–Crippen MR) is 149 cm³/mol. The highest BCUT2D eigenvalue weighted by molar-refractivity contribution is 6.31. The molecule has 6 rings (SSSR count). The summed E-state index contributed by atoms with van der Waals surface area (Å²) in [4.78, 5) is 39.3. The quantitative estimate of drug-likeness (QED) is 0.403. The molecule has 2 aromatic carbocycles. The number of carbonyl (C=O) groups excluding carboxylic acids is 2. The fraction of sp³-hybridized carbons (Fsp3) is 0.385. The topological polar surface area (TPSA) is 126 Å². The summed E-state index contributed by atoms with van der Waals surface area (Å²) in [6.45, 7) is 2.04. The molecular formula is C26H26Cl2N6O6. The van der Waals surface area contributed by atoms with E-state index in [2.05, 4.69) is 20.6 Å². The largest absolute Gasteiger partial charge is 0.442 e. The van der Waals surface area contributed by atoms with Gasteiger partial charge < -0.3 is 39.4 Å². The van der Waals surface area contributed by atoms with E-state index in [4.69, 9.17) is 42.1 Å². The average Bonchev–Trinajstić information content (AvgIpc) is 3.65. The molecule has 0 amide bonds. The summed E-state index contributed by atoms with van der Waals surface area (Å²) >= 11 is 12.3. The number of nitrogens with one attached hydrogen (secondary N) is 2. The van der Waals surface area contributed by atoms with Crippen LogP contribution in [0.4, 0.5) is 11.4 Å². The highest BCUT2D eigenvalue weighted by Crippen LogP contribution is 2.41. The van der Waals surface area contributed by atoms with E-state index in [9.17, 15) is 9.59 Å². The highest BCUT2D eigenvalue weighted by Gasteiger charge is 2.53. The molecule has 0 spiro atoms. The molecule has 0 saturated heterocycles. The van der Waals surface area contributed by atoms with Crippen molar-refractivity contribution in [2.24, 2.45) is 9.98 Å². The first kappa shape index (κ1) is 26.3. The van der Waals surface area contributed by atoms with E-state index in [1.54, 1.807) is 50.5 Å². The van der Waals surface area contributed by atoms with Crippen LogP contribution in [0.5, 0.6) is 11.5 Å². The Hall–Kier alpha value is -3.90. The number of nitrogens with zero attached hydrogens (tertiary/aromatic N) is 4. The van der Waals surface area contributed by atoms with Crippen molar-refractivity contribution in [3.63, 3.8) is 0 Å². The molecule has 0 fully saturated rings. The van der Waals surface area contributed by atoms with Gasteiger partial charge in [-0.1, -0.05) is 23.2 Å². The van der Waals surface area contributed by atoms with Crippen LogP contribution in [-0.2, 0) is 19.1 Å². The molecule has 0 radical (unpaired) electrons. The van der Waals surface area contributed by atoms with Gasteiger partial charge in [0.2, 0.25) is 0 Å². The number of carbonyl (C=O) groups is 2. The van der Waals surface area contributed by atoms with Crippen molar-refractivity contribution in [2.75, 3.05) is 63.2 Å². The van der Waals surface area contributed by atoms with Crippen LogP contribution >= 0.6 is 23.2 Å². The molecule has 0 saturated carbocycles. The van der Waals surface area contributed by atoms with E-state index in [0.717, 1.165) is 0 Å². The van der Waals surface area contributed by atoms with Gasteiger partial charge in [-0.25, -0.2) is 9.59 Å². The average molecular weight is 589 g/mol. The van der Waals surface area contributed by atoms with Gasteiger partial charge in [0.25, 0.3) is 0 Å². The van der Waals surface area contributed by atoms with Gasteiger partial charge in [0.05, 0.1) is 24.5 Å². The van der Waals surface area contributed by atoms with Crippen LogP contribution in [0.25, 0.3) is 0 Å². The molecule has 2 unspecified atom stereocenters. The summed E-state index contributed by atoms with van der Waals surface area (Å²) in [7, 11) is 3.59. The zero-order valence-corrected chi connectivity index (χ0v) is 23.2. The summed E-state index contributed by atoms with van der Waals surface area (Å²) in [5.74, 6) is -4.64. The molecule has 0 aromatic heterocycles. The second-order valence-electron chi connectivity index (χ2n) is 9.74. The van der Waals surface area contributed by atoms with Crippen molar-refractivity contribution in [1.29, 1.82) is 0 Å². The maximum absolute atomic E-state index is 13.4. The van der Waals surface area contributed by atoms with Gasteiger partial charge in [0, 0.05) is 37.2 Å². The summed E-state index contributed by atoms with van der Waals surface area (Å²) < 4.78 is 24.0. The highest BCUT2D eigenvalue weighted by atomic mass is 35.5. The number of rotatable bonds is 4. The lowest BCUT2D eigenvalue weighted by Gasteiger charge is -2.43. The summed E-state index contributed by atoms with van der Waals surface area (Å²) in [5, 5.41) is 7.25. The molecule has 12 nitrogen and oxygen atoms in total. The zero-order chi connectivity index (χ0) is 28.1. The molecule has 2 N–H and O–H groups in total. The van der Waals surface area contributed by atoms with E-state index < -0.39 is 23.5 Å². The number of hydrogen-bond donors (Lipinski definition) is 2. The first-order valence-corrected chi connectivity index (χ1v) is 13.4. The number of esters is 2. The number of hydrogen-bond acceptors (Lipinski definition) is 12. The second-order valence-corrected chi connectivity index (χ2v) is 10.6. The van der Waals surface area contributed by atoms with Gasteiger partial charge in [-0.2, -0.15) is 0 Å². The Bertz CT molecular complexity index is 1350. The Morgan fingerprint density at radius 3 is 1.60 bits per heavy atom. The lowest BCUT2D eigenvalue weighted by Crippen LogP contribution is -2.63. The molecule has 0 aliphatic carbocycles. The third-order valence-electron chi connectivity index (χ3n) is 6.86. The number of ether oxygens (including phenoxy) is 4. The number of anilines is 2. The Morgan fingerprint density at radius 2 is 1.23 bits per heavy atom. The summed E-state index contributed by atoms with van der Waals surface area (Å²) in [6, 6.07) is 10.1. The minimum Gasteiger partial charge on any atom is -0.442 e. The molecule has 4 heterocycles. The summed E-state index contributed by atoms with van der Waals surface area (Å²) in [5.41, 5.74) is 1.39. The van der Waals surface area contributed by atoms with Crippen LogP contribution < -0.4 is 29.9 Å². The minimum atomic E-state index is -1.73. The Kier molecular flexibility index (Phi) is 6.54. The third kappa shape index (κ3) is 4.60. The molecule has 2 aromatic rings. The number of aliphatic imine (C=N–C) groups is 2. The van der Waals surface area contributed by atoms with Gasteiger partial charge >= 0.3 is 23.5 Å². The van der Waals surface area contributed by atoms with Crippen LogP contribution in [0, 0.1) is 0 Å². The fourth-order valence-electron chi connectivity index (χ4n) is 5.10. The number of amidine groups is 2. The van der Waals surface area contributed by atoms with Gasteiger partial charge in [0.1, 0.15) is 24.6 Å². The normalized spacial score (nSPS) is 24.8. The standard InChI is InChI=1S/C26H26Cl2N6O6/c1-33-13-25(23-29-7-8-30-23,37-19-5-3-15(27)11-17(19)33)39-21(35)22(36)40-26(24-31-9-10-32-24)14-34(2)18-12-16(28)4-6-20(18)38-26/h3-6,11-12H,7-10,13-14H2,1-2H3,(H,29,30)(H,31,32). The van der Waals surface area contributed by atoms with Crippen LogP contribution in [0.15, 0.2) is 46.4 Å². The van der Waals surface area contributed by atoms with Crippen LogP contribution in [0.1, 0.15) is 0 Å². The lowest BCUT2D eigenvalue weighted by molar-refractivity contribution is -0.202. The van der Waals surface area contributed by atoms with E-state index in [1.165, 1.54) is 0 Å². The monoisotopic (exact) mass is 588 g/mol. The number of halogens is 2. The maximum Gasteiger partial charge on any atom is 0.421 e. The van der Waals surface area contributed by atoms with E-state index in [0.29, 0.717) is 59.1 Å². The van der Waals surface area contributed by atoms with Crippen molar-refractivity contribution >= 4 is 58.2 Å². The maximum atomic E-state index is 13.4. The zero-order valence-electron chi connectivity index (χ0n) is 21.7. The molecule has 40 heavy (non-hydrogen) atoms. The van der Waals surface area contributed by atoms with Gasteiger partial charge in [-0.05, 0) is 36.4 Å². The van der Waals surface area contributed by atoms with Crippen molar-refractivity contribution in [2.45, 2.75) is 11.6 Å². The number of fused-ring (bicyclic) bond motifs is 2. The minimum absolute atomic E-state index is 0.0397. The molecule has 14 heteroatoms. The molecule has 2 atom stereocenters. The Labute approximate surface area is 239 Å². The molecule has 4 aliphatic heterocycles. The predicted octanol–water partition coefficient (Wildman–Crippen LogP) is 1.83. The van der Waals surface area contributed by atoms with Crippen LogP contribution in [-0.4, -0.2) is 88.5 Å². The van der Waals surface area contributed by atoms with E-state index in [1.807, 2.05) is 9.80 Å². The second kappa shape index (κ2) is 9.93. The Balaban J connectivity index is 1.29. The van der Waals surface area contributed by atoms with Crippen molar-refractivity contribution < 1.29 is 28.5 Å². The van der Waals surface area contributed by atoms with Crippen molar-refractivity contribution in [1.82, 2.24) is 10.6 Å². The molecule has 0 bridgehead atoms. The van der Waals surface area contributed by atoms with Crippen LogP contribution in [0.2, 0.25) is 10.0 Å². The molecule has 210 valence electrons. The number of likely N-dealkylation sites (N-methyl/N-ethyl adjacent to an activating group) is 2. The van der Waals surface area contributed by atoms with Gasteiger partial charge in [-0.15, -0.1) is 0 Å². The molecular weight excluding hydrogens is 563 g/mol. The van der Waals surface area contributed by atoms with Gasteiger partial charge in [-0.3, -0.25) is 9.98 Å². The van der Waals surface area contributed by atoms with Gasteiger partial charge in [0.15, 0.2) is 11.7 Å². The first-order valence-electron chi connectivity index (χ1n) is 12.6. The number of benzene rings is 2. The summed E-state index contributed by atoms with van der Waals surface area (Å²) in [6.07, 6.45) is 0. The smallest absolute Gasteiger partial charge is 0.421 e. The fourth-order valence-corrected chi connectivity index (χ4v) is 5.44. The first-order chi connectivity index (χ1) is 19.2. The van der Waals surface area contributed by atoms with Crippen molar-refractivity contribution in [3.05, 3.63) is 46.4 Å². The van der Waals surface area contributed by atoms with E-state index >= 15 is 0 Å². The lowest BCUT2D eigenvalue weighted by atomic mass is 10.1. The van der Waals surface area contributed by atoms with Crippen LogP contribution in [0.3, 0.4) is 0 Å². The van der Waals surface area contributed by atoms with E-state index in [-0.39, 0.29) is 24.8 Å². The molecule has 4 aliphatic rings. The van der Waals surface area contributed by atoms with Crippen molar-refractivity contribution in [3.8, 4) is 11.5 Å².